The van der Waals surface area contributed by atoms with Gasteiger partial charge in [-0.05, 0) is 56.3 Å². The Kier molecular flexibility index (Phi) is 11.0. The summed E-state index contributed by atoms with van der Waals surface area (Å²) >= 11 is 2.07. The van der Waals surface area contributed by atoms with Crippen molar-refractivity contribution in [3.8, 4) is 0 Å². The number of benzene rings is 1. The van der Waals surface area contributed by atoms with Crippen LogP contribution in [0.15, 0.2) is 29.3 Å². The molecule has 5 nitrogen and oxygen atoms in total. The second-order valence-electron chi connectivity index (χ2n) is 7.69. The number of guanidine groups is 1. The van der Waals surface area contributed by atoms with E-state index in [0.717, 1.165) is 30.8 Å². The predicted molar refractivity (Wildman–Crippen MR) is 133 cm³/mol. The Morgan fingerprint density at radius 3 is 2.57 bits per heavy atom. The number of halogens is 1. The monoisotopic (exact) mass is 517 g/mol. The Labute approximate surface area is 192 Å². The lowest BCUT2D eigenvalue weighted by Crippen LogP contribution is -2.39. The molecule has 0 spiro atoms. The van der Waals surface area contributed by atoms with E-state index in [1.807, 2.05) is 7.05 Å². The van der Waals surface area contributed by atoms with Crippen LogP contribution < -0.4 is 10.6 Å². The Balaban J connectivity index is 0.00000280. The van der Waals surface area contributed by atoms with Gasteiger partial charge < -0.3 is 15.5 Å². The summed E-state index contributed by atoms with van der Waals surface area (Å²) in [4.78, 5) is 9.35. The Bertz CT molecular complexity index is 589. The number of nitrogens with zero attached hydrogens (tertiary/aromatic N) is 3. The lowest BCUT2D eigenvalue weighted by molar-refractivity contribution is 0.269. The second-order valence-corrected chi connectivity index (χ2v) is 9.10. The van der Waals surface area contributed by atoms with Crippen LogP contribution in [0.5, 0.6) is 0 Å². The van der Waals surface area contributed by atoms with Gasteiger partial charge >= 0.3 is 0 Å². The van der Waals surface area contributed by atoms with Crippen LogP contribution >= 0.6 is 35.7 Å². The number of hydrogen-bond donors (Lipinski definition) is 2. The maximum Gasteiger partial charge on any atom is 0.191 e. The van der Waals surface area contributed by atoms with Crippen LogP contribution in [-0.2, 0) is 13.1 Å². The third-order valence-corrected chi connectivity index (χ3v) is 6.84. The van der Waals surface area contributed by atoms with Gasteiger partial charge in [0, 0.05) is 45.0 Å². The van der Waals surface area contributed by atoms with Crippen LogP contribution in [0.1, 0.15) is 30.4 Å². The van der Waals surface area contributed by atoms with Gasteiger partial charge in [0.2, 0.25) is 0 Å². The summed E-state index contributed by atoms with van der Waals surface area (Å²) < 4.78 is 0. The first-order valence-corrected chi connectivity index (χ1v) is 11.3. The van der Waals surface area contributed by atoms with Crippen LogP contribution in [-0.4, -0.2) is 73.6 Å². The number of rotatable bonds is 6. The van der Waals surface area contributed by atoms with E-state index >= 15 is 0 Å². The van der Waals surface area contributed by atoms with Gasteiger partial charge in [0.25, 0.3) is 0 Å². The summed E-state index contributed by atoms with van der Waals surface area (Å²) in [5.41, 5.74) is 2.71. The van der Waals surface area contributed by atoms with Crippen molar-refractivity contribution in [2.75, 3.05) is 52.6 Å². The van der Waals surface area contributed by atoms with Crippen molar-refractivity contribution in [1.82, 2.24) is 20.4 Å². The number of likely N-dealkylation sites (N-methyl/N-ethyl adjacent to an activating group) is 1. The van der Waals surface area contributed by atoms with Crippen molar-refractivity contribution in [2.45, 2.75) is 37.6 Å². The molecule has 28 heavy (non-hydrogen) atoms. The highest BCUT2D eigenvalue weighted by molar-refractivity contribution is 14.0. The number of thioether (sulfide) groups is 1. The SMILES string of the molecule is CN=C(NCc1ccc(CN2CCCN(C)CC2)cc1)NCC1CCCS1.I. The molecule has 2 heterocycles. The van der Waals surface area contributed by atoms with Crippen LogP contribution in [0.25, 0.3) is 0 Å². The van der Waals surface area contributed by atoms with Gasteiger partial charge in [-0.1, -0.05) is 24.3 Å². The number of nitrogens with one attached hydrogen (secondary N) is 2. The van der Waals surface area contributed by atoms with Crippen LogP contribution in [0.3, 0.4) is 0 Å². The van der Waals surface area contributed by atoms with Crippen molar-refractivity contribution in [3.05, 3.63) is 35.4 Å². The molecule has 1 unspecified atom stereocenters. The smallest absolute Gasteiger partial charge is 0.191 e. The number of hydrogen-bond acceptors (Lipinski definition) is 4. The minimum absolute atomic E-state index is 0. The molecule has 2 saturated heterocycles. The molecule has 0 radical (unpaired) electrons. The topological polar surface area (TPSA) is 42.9 Å². The molecule has 158 valence electrons. The summed E-state index contributed by atoms with van der Waals surface area (Å²) in [7, 11) is 4.07. The van der Waals surface area contributed by atoms with E-state index in [2.05, 4.69) is 68.5 Å². The van der Waals surface area contributed by atoms with Gasteiger partial charge in [0.05, 0.1) is 0 Å². The minimum Gasteiger partial charge on any atom is -0.355 e. The first-order valence-electron chi connectivity index (χ1n) is 10.3. The van der Waals surface area contributed by atoms with Gasteiger partial charge in [-0.2, -0.15) is 11.8 Å². The Hall–Kier alpha value is -0.510. The lowest BCUT2D eigenvalue weighted by atomic mass is 10.1. The third-order valence-electron chi connectivity index (χ3n) is 5.45. The Morgan fingerprint density at radius 2 is 1.86 bits per heavy atom. The molecule has 7 heteroatoms. The molecule has 2 fully saturated rings. The highest BCUT2D eigenvalue weighted by atomic mass is 127. The fourth-order valence-electron chi connectivity index (χ4n) is 3.70. The quantitative estimate of drug-likeness (QED) is 0.345. The average molecular weight is 518 g/mol. The highest BCUT2D eigenvalue weighted by Gasteiger charge is 2.15. The number of aliphatic imine (C=N–C) groups is 1. The molecular formula is C21H36IN5S. The first-order chi connectivity index (χ1) is 13.2. The van der Waals surface area contributed by atoms with Crippen LogP contribution in [0, 0.1) is 0 Å². The molecule has 0 bridgehead atoms. The maximum absolute atomic E-state index is 4.35. The van der Waals surface area contributed by atoms with Gasteiger partial charge in [0.1, 0.15) is 0 Å². The molecule has 1 aromatic carbocycles. The van der Waals surface area contributed by atoms with Gasteiger partial charge in [-0.25, -0.2) is 0 Å². The molecule has 3 rings (SSSR count). The molecule has 0 aliphatic carbocycles. The third kappa shape index (κ3) is 8.08. The molecule has 0 aromatic heterocycles. The predicted octanol–water partition coefficient (Wildman–Crippen LogP) is 3.00. The van der Waals surface area contributed by atoms with E-state index in [-0.39, 0.29) is 24.0 Å². The molecule has 1 atom stereocenters. The van der Waals surface area contributed by atoms with Crippen molar-refractivity contribution in [3.63, 3.8) is 0 Å². The van der Waals surface area contributed by atoms with Crippen molar-refractivity contribution >= 4 is 41.7 Å². The van der Waals surface area contributed by atoms with E-state index in [4.69, 9.17) is 0 Å². The van der Waals surface area contributed by atoms with E-state index < -0.39 is 0 Å². The van der Waals surface area contributed by atoms with Crippen molar-refractivity contribution < 1.29 is 0 Å². The molecule has 2 aliphatic rings. The highest BCUT2D eigenvalue weighted by Crippen LogP contribution is 2.25. The fraction of sp³-hybridized carbons (Fsp3) is 0.667. The fourth-order valence-corrected chi connectivity index (χ4v) is 4.90. The lowest BCUT2D eigenvalue weighted by Gasteiger charge is -2.20. The summed E-state index contributed by atoms with van der Waals surface area (Å²) in [6.07, 6.45) is 3.94. The maximum atomic E-state index is 4.35. The summed E-state index contributed by atoms with van der Waals surface area (Å²) in [5, 5.41) is 7.64. The molecule has 2 N–H and O–H groups in total. The summed E-state index contributed by atoms with van der Waals surface area (Å²) in [6, 6.07) is 9.03. The molecule has 1 aromatic rings. The first kappa shape index (κ1) is 23.8. The van der Waals surface area contributed by atoms with Crippen molar-refractivity contribution in [1.29, 1.82) is 0 Å². The molecule has 2 aliphatic heterocycles. The van der Waals surface area contributed by atoms with Crippen molar-refractivity contribution in [2.24, 2.45) is 4.99 Å². The normalized spacial score (nSPS) is 21.8. The minimum atomic E-state index is 0. The second kappa shape index (κ2) is 12.9. The molecule has 0 amide bonds. The largest absolute Gasteiger partial charge is 0.355 e. The van der Waals surface area contributed by atoms with E-state index in [1.165, 1.54) is 62.3 Å². The zero-order valence-electron chi connectivity index (χ0n) is 17.3. The Morgan fingerprint density at radius 1 is 1.07 bits per heavy atom. The van der Waals surface area contributed by atoms with E-state index in [1.54, 1.807) is 0 Å². The standard InChI is InChI=1S/C21H35N5S.HI/c1-22-21(24-16-20-5-3-14-27-20)23-15-18-6-8-19(9-7-18)17-26-11-4-10-25(2)12-13-26;/h6-9,20H,3-5,10-17H2,1-2H3,(H2,22,23,24);1H. The molecule has 0 saturated carbocycles. The van der Waals surface area contributed by atoms with Gasteiger partial charge in [-0.3, -0.25) is 9.89 Å². The van der Waals surface area contributed by atoms with Gasteiger partial charge in [0.15, 0.2) is 5.96 Å². The van der Waals surface area contributed by atoms with E-state index in [9.17, 15) is 0 Å². The van der Waals surface area contributed by atoms with Crippen LogP contribution in [0.2, 0.25) is 0 Å². The van der Waals surface area contributed by atoms with Gasteiger partial charge in [-0.15, -0.1) is 24.0 Å². The zero-order chi connectivity index (χ0) is 18.9. The van der Waals surface area contributed by atoms with E-state index in [0.29, 0.717) is 0 Å². The average Bonchev–Trinajstić information content (AvgIpc) is 3.12. The summed E-state index contributed by atoms with van der Waals surface area (Å²) in [6.45, 7) is 7.64. The summed E-state index contributed by atoms with van der Waals surface area (Å²) in [5.74, 6) is 2.21. The van der Waals surface area contributed by atoms with Crippen LogP contribution in [0.4, 0.5) is 0 Å². The molecular weight excluding hydrogens is 481 g/mol. The zero-order valence-corrected chi connectivity index (χ0v) is 20.5.